The van der Waals surface area contributed by atoms with E-state index >= 15 is 0 Å². The minimum Gasteiger partial charge on any atom is -0.256 e. The average molecular weight is 249 g/mol. The molecular weight excluding hydrogens is 243 g/mol. The van der Waals surface area contributed by atoms with Crippen molar-refractivity contribution in [1.29, 1.82) is 5.26 Å². The van der Waals surface area contributed by atoms with Gasteiger partial charge in [0.1, 0.15) is 11.8 Å². The summed E-state index contributed by atoms with van der Waals surface area (Å²) in [5, 5.41) is 8.86. The van der Waals surface area contributed by atoms with E-state index in [-0.39, 0.29) is 11.3 Å². The highest BCUT2D eigenvalue weighted by Gasteiger charge is 2.33. The van der Waals surface area contributed by atoms with Gasteiger partial charge >= 0.3 is 6.18 Å². The summed E-state index contributed by atoms with van der Waals surface area (Å²) in [7, 11) is 0. The third-order valence-electron chi connectivity index (χ3n) is 2.23. The number of nitrogens with zero attached hydrogens (tertiary/aromatic N) is 3. The largest absolute Gasteiger partial charge is 0.433 e. The monoisotopic (exact) mass is 249 g/mol. The highest BCUT2D eigenvalue weighted by molar-refractivity contribution is 5.65. The zero-order chi connectivity index (χ0) is 13.2. The maximum Gasteiger partial charge on any atom is 0.433 e. The Morgan fingerprint density at radius 3 is 2.44 bits per heavy atom. The van der Waals surface area contributed by atoms with Crippen LogP contribution in [0.1, 0.15) is 11.4 Å². The summed E-state index contributed by atoms with van der Waals surface area (Å²) in [5.74, 6) is 0. The van der Waals surface area contributed by atoms with E-state index in [4.69, 9.17) is 5.26 Å². The molecule has 0 saturated heterocycles. The van der Waals surface area contributed by atoms with Gasteiger partial charge in [-0.15, -0.1) is 0 Å². The van der Waals surface area contributed by atoms with Crippen molar-refractivity contribution >= 4 is 0 Å². The zero-order valence-corrected chi connectivity index (χ0v) is 8.94. The van der Waals surface area contributed by atoms with Crippen LogP contribution in [0, 0.1) is 11.3 Å². The summed E-state index contributed by atoms with van der Waals surface area (Å²) in [5.41, 5.74) is -0.677. The summed E-state index contributed by atoms with van der Waals surface area (Å²) in [6.45, 7) is 0. The van der Waals surface area contributed by atoms with Gasteiger partial charge in [0.15, 0.2) is 5.69 Å². The van der Waals surface area contributed by atoms with E-state index in [1.807, 2.05) is 0 Å². The first kappa shape index (κ1) is 12.0. The highest BCUT2D eigenvalue weighted by Crippen LogP contribution is 2.30. The molecular formula is C12H6F3N3. The number of hydrogen-bond acceptors (Lipinski definition) is 3. The van der Waals surface area contributed by atoms with Gasteiger partial charge in [-0.1, -0.05) is 6.07 Å². The van der Waals surface area contributed by atoms with Crippen LogP contribution in [0.25, 0.3) is 11.3 Å². The Labute approximate surface area is 101 Å². The Balaban J connectivity index is 2.56. The van der Waals surface area contributed by atoms with Crippen molar-refractivity contribution < 1.29 is 13.2 Å². The number of halogens is 3. The maximum absolute atomic E-state index is 12.5. The maximum atomic E-state index is 12.5. The van der Waals surface area contributed by atoms with Gasteiger partial charge in [-0.25, -0.2) is 4.98 Å². The number of alkyl halides is 3. The predicted molar refractivity (Wildman–Crippen MR) is 57.2 cm³/mol. The second-order valence-electron chi connectivity index (χ2n) is 3.42. The third kappa shape index (κ3) is 2.30. The third-order valence-corrected chi connectivity index (χ3v) is 2.23. The van der Waals surface area contributed by atoms with Crippen molar-refractivity contribution in [2.24, 2.45) is 0 Å². The Morgan fingerprint density at radius 1 is 1.11 bits per heavy atom. The summed E-state index contributed by atoms with van der Waals surface area (Å²) in [4.78, 5) is 7.29. The average Bonchev–Trinajstić information content (AvgIpc) is 2.38. The molecule has 0 N–H and O–H groups in total. The molecule has 0 aliphatic carbocycles. The SMILES string of the molecule is N#Cc1nc(C(F)(F)F)ccc1-c1ccccn1. The fourth-order valence-electron chi connectivity index (χ4n) is 1.43. The summed E-state index contributed by atoms with van der Waals surface area (Å²) < 4.78 is 37.4. The molecule has 0 aliphatic rings. The van der Waals surface area contributed by atoms with Gasteiger partial charge in [0, 0.05) is 11.8 Å². The fraction of sp³-hybridized carbons (Fsp3) is 0.0833. The lowest BCUT2D eigenvalue weighted by Gasteiger charge is -2.08. The topological polar surface area (TPSA) is 49.6 Å². The van der Waals surface area contributed by atoms with Crippen molar-refractivity contribution in [2.75, 3.05) is 0 Å². The summed E-state index contributed by atoms with van der Waals surface area (Å²) in [6.07, 6.45) is -3.07. The molecule has 2 aromatic rings. The fourth-order valence-corrected chi connectivity index (χ4v) is 1.43. The molecule has 0 aromatic carbocycles. The summed E-state index contributed by atoms with van der Waals surface area (Å²) >= 11 is 0. The lowest BCUT2D eigenvalue weighted by molar-refractivity contribution is -0.141. The van der Waals surface area contributed by atoms with Crippen molar-refractivity contribution in [3.05, 3.63) is 47.9 Å². The molecule has 0 spiro atoms. The van der Waals surface area contributed by atoms with Crippen molar-refractivity contribution in [2.45, 2.75) is 6.18 Å². The molecule has 0 atom stereocenters. The smallest absolute Gasteiger partial charge is 0.256 e. The summed E-state index contributed by atoms with van der Waals surface area (Å²) in [6, 6.07) is 8.66. The van der Waals surface area contributed by atoms with Crippen LogP contribution >= 0.6 is 0 Å². The van der Waals surface area contributed by atoms with Crippen LogP contribution in [-0.4, -0.2) is 9.97 Å². The van der Waals surface area contributed by atoms with E-state index < -0.39 is 11.9 Å². The van der Waals surface area contributed by atoms with E-state index in [1.165, 1.54) is 12.3 Å². The quantitative estimate of drug-likeness (QED) is 0.780. The minimum atomic E-state index is -4.56. The Kier molecular flexibility index (Phi) is 2.98. The number of pyridine rings is 2. The second-order valence-corrected chi connectivity index (χ2v) is 3.42. The molecule has 0 radical (unpaired) electrons. The van der Waals surface area contributed by atoms with Gasteiger partial charge in [-0.3, -0.25) is 4.98 Å². The van der Waals surface area contributed by atoms with Crippen LogP contribution < -0.4 is 0 Å². The number of nitriles is 1. The first-order valence-corrected chi connectivity index (χ1v) is 4.92. The molecule has 0 bridgehead atoms. The molecule has 0 unspecified atom stereocenters. The van der Waals surface area contributed by atoms with Crippen molar-refractivity contribution in [3.8, 4) is 17.3 Å². The Bertz CT molecular complexity index is 600. The molecule has 18 heavy (non-hydrogen) atoms. The number of aromatic nitrogens is 2. The lowest BCUT2D eigenvalue weighted by atomic mass is 10.1. The minimum absolute atomic E-state index is 0.283. The predicted octanol–water partition coefficient (Wildman–Crippen LogP) is 3.03. The Hall–Kier alpha value is -2.42. The van der Waals surface area contributed by atoms with E-state index in [9.17, 15) is 13.2 Å². The van der Waals surface area contributed by atoms with Crippen LogP contribution in [0.4, 0.5) is 13.2 Å². The van der Waals surface area contributed by atoms with Gasteiger partial charge in [0.2, 0.25) is 0 Å². The molecule has 0 saturated carbocycles. The molecule has 2 aromatic heterocycles. The molecule has 90 valence electrons. The number of rotatable bonds is 1. The van der Waals surface area contributed by atoms with Gasteiger partial charge in [-0.2, -0.15) is 18.4 Å². The van der Waals surface area contributed by atoms with E-state index in [1.54, 1.807) is 24.3 Å². The molecule has 2 heterocycles. The molecule has 3 nitrogen and oxygen atoms in total. The van der Waals surface area contributed by atoms with E-state index in [0.29, 0.717) is 5.69 Å². The molecule has 0 aliphatic heterocycles. The van der Waals surface area contributed by atoms with Crippen LogP contribution in [0.15, 0.2) is 36.5 Å². The van der Waals surface area contributed by atoms with Gasteiger partial charge in [0.25, 0.3) is 0 Å². The van der Waals surface area contributed by atoms with E-state index in [2.05, 4.69) is 9.97 Å². The van der Waals surface area contributed by atoms with Crippen LogP contribution in [-0.2, 0) is 6.18 Å². The van der Waals surface area contributed by atoms with Crippen LogP contribution in [0.5, 0.6) is 0 Å². The van der Waals surface area contributed by atoms with Gasteiger partial charge in [0.05, 0.1) is 5.69 Å². The van der Waals surface area contributed by atoms with Crippen molar-refractivity contribution in [1.82, 2.24) is 9.97 Å². The second kappa shape index (κ2) is 4.45. The van der Waals surface area contributed by atoms with Gasteiger partial charge in [-0.05, 0) is 24.3 Å². The van der Waals surface area contributed by atoms with Crippen LogP contribution in [0.3, 0.4) is 0 Å². The first-order valence-electron chi connectivity index (χ1n) is 4.92. The van der Waals surface area contributed by atoms with Gasteiger partial charge < -0.3 is 0 Å². The van der Waals surface area contributed by atoms with Crippen LogP contribution in [0.2, 0.25) is 0 Å². The lowest BCUT2D eigenvalue weighted by Crippen LogP contribution is -2.09. The first-order chi connectivity index (χ1) is 8.52. The molecule has 0 fully saturated rings. The standard InChI is InChI=1S/C12H6F3N3/c13-12(14,15)11-5-4-8(10(7-16)18-11)9-3-1-2-6-17-9/h1-6H. The molecule has 2 rings (SSSR count). The number of hydrogen-bond donors (Lipinski definition) is 0. The highest BCUT2D eigenvalue weighted by atomic mass is 19.4. The zero-order valence-electron chi connectivity index (χ0n) is 8.94. The van der Waals surface area contributed by atoms with Crippen molar-refractivity contribution in [3.63, 3.8) is 0 Å². The Morgan fingerprint density at radius 2 is 1.89 bits per heavy atom. The van der Waals surface area contributed by atoms with E-state index in [0.717, 1.165) is 6.07 Å². The molecule has 0 amide bonds. The normalized spacial score (nSPS) is 11.0. The molecule has 6 heteroatoms.